The van der Waals surface area contributed by atoms with Gasteiger partial charge in [-0.3, -0.25) is 4.79 Å². The van der Waals surface area contributed by atoms with Crippen LogP contribution < -0.4 is 9.47 Å². The molecule has 1 aliphatic heterocycles. The average Bonchev–Trinajstić information content (AvgIpc) is 2.27. The zero-order valence-corrected chi connectivity index (χ0v) is 8.58. The van der Waals surface area contributed by atoms with Crippen LogP contribution in [0.2, 0.25) is 0 Å². The van der Waals surface area contributed by atoms with Crippen molar-refractivity contribution in [1.29, 1.82) is 0 Å². The standard InChI is InChI=1S/C12H12O3/c1-8(9(2)13)10-3-4-11-12(7-10)15-6-5-14-11/h3-4,7H,1,5-6H2,2H3. The predicted octanol–water partition coefficient (Wildman–Crippen LogP) is 2.06. The maximum atomic E-state index is 11.1. The minimum atomic E-state index is -0.0355. The summed E-state index contributed by atoms with van der Waals surface area (Å²) in [5.41, 5.74) is 1.28. The van der Waals surface area contributed by atoms with Crippen molar-refractivity contribution >= 4 is 11.4 Å². The molecule has 1 heterocycles. The zero-order valence-electron chi connectivity index (χ0n) is 8.58. The highest BCUT2D eigenvalue weighted by molar-refractivity contribution is 6.18. The van der Waals surface area contributed by atoms with Crippen LogP contribution in [0.1, 0.15) is 12.5 Å². The number of Topliss-reactive ketones (excluding diaryl/α,β-unsaturated/α-hetero) is 1. The maximum absolute atomic E-state index is 11.1. The number of carbonyl (C=O) groups excluding carboxylic acids is 1. The third-order valence-corrected chi connectivity index (χ3v) is 2.32. The largest absolute Gasteiger partial charge is 0.486 e. The molecule has 0 atom stereocenters. The molecule has 0 radical (unpaired) electrons. The lowest BCUT2D eigenvalue weighted by atomic mass is 10.0. The highest BCUT2D eigenvalue weighted by atomic mass is 16.6. The first-order chi connectivity index (χ1) is 7.18. The van der Waals surface area contributed by atoms with Crippen molar-refractivity contribution in [3.63, 3.8) is 0 Å². The number of allylic oxidation sites excluding steroid dienone is 1. The first-order valence-electron chi connectivity index (χ1n) is 4.78. The van der Waals surface area contributed by atoms with Crippen molar-refractivity contribution in [1.82, 2.24) is 0 Å². The summed E-state index contributed by atoms with van der Waals surface area (Å²) in [7, 11) is 0. The minimum Gasteiger partial charge on any atom is -0.486 e. The van der Waals surface area contributed by atoms with Crippen molar-refractivity contribution in [2.24, 2.45) is 0 Å². The highest BCUT2D eigenvalue weighted by Crippen LogP contribution is 2.32. The molecule has 0 N–H and O–H groups in total. The molecule has 0 spiro atoms. The quantitative estimate of drug-likeness (QED) is 0.692. The van der Waals surface area contributed by atoms with Gasteiger partial charge in [0.25, 0.3) is 0 Å². The number of rotatable bonds is 2. The second-order valence-electron chi connectivity index (χ2n) is 3.39. The van der Waals surface area contributed by atoms with Crippen molar-refractivity contribution in [3.05, 3.63) is 30.3 Å². The van der Waals surface area contributed by atoms with Gasteiger partial charge in [-0.1, -0.05) is 12.6 Å². The van der Waals surface area contributed by atoms with Gasteiger partial charge in [0.15, 0.2) is 17.3 Å². The second kappa shape index (κ2) is 3.77. The van der Waals surface area contributed by atoms with Gasteiger partial charge in [-0.05, 0) is 24.6 Å². The fourth-order valence-corrected chi connectivity index (χ4v) is 1.43. The SMILES string of the molecule is C=C(C(C)=O)c1ccc2c(c1)OCCO2. The number of hydrogen-bond acceptors (Lipinski definition) is 3. The Hall–Kier alpha value is -1.77. The van der Waals surface area contributed by atoms with Gasteiger partial charge in [0.05, 0.1) is 0 Å². The van der Waals surface area contributed by atoms with Crippen molar-refractivity contribution in [3.8, 4) is 11.5 Å². The Labute approximate surface area is 88.3 Å². The molecule has 2 rings (SSSR count). The summed E-state index contributed by atoms with van der Waals surface area (Å²) >= 11 is 0. The second-order valence-corrected chi connectivity index (χ2v) is 3.39. The summed E-state index contributed by atoms with van der Waals surface area (Å²) in [5, 5.41) is 0. The first kappa shape index (κ1) is 9.77. The molecule has 0 amide bonds. The summed E-state index contributed by atoms with van der Waals surface area (Å²) in [5.74, 6) is 1.37. The monoisotopic (exact) mass is 204 g/mol. The van der Waals surface area contributed by atoms with Gasteiger partial charge in [0.1, 0.15) is 13.2 Å². The summed E-state index contributed by atoms with van der Waals surface area (Å²) in [6.45, 7) is 6.34. The van der Waals surface area contributed by atoms with Crippen molar-refractivity contribution < 1.29 is 14.3 Å². The van der Waals surface area contributed by atoms with E-state index in [9.17, 15) is 4.79 Å². The number of benzene rings is 1. The van der Waals surface area contributed by atoms with E-state index in [0.717, 1.165) is 11.3 Å². The maximum Gasteiger partial charge on any atom is 0.161 e. The first-order valence-corrected chi connectivity index (χ1v) is 4.78. The summed E-state index contributed by atoms with van der Waals surface area (Å²) < 4.78 is 10.8. The Morgan fingerprint density at radius 2 is 1.93 bits per heavy atom. The number of carbonyl (C=O) groups is 1. The van der Waals surface area contributed by atoms with Gasteiger partial charge in [0, 0.05) is 5.57 Å². The van der Waals surface area contributed by atoms with E-state index < -0.39 is 0 Å². The molecule has 0 aliphatic carbocycles. The third kappa shape index (κ3) is 1.86. The van der Waals surface area contributed by atoms with Crippen LogP contribution in [0.3, 0.4) is 0 Å². The lowest BCUT2D eigenvalue weighted by Gasteiger charge is -2.18. The molecule has 3 heteroatoms. The normalized spacial score (nSPS) is 13.4. The minimum absolute atomic E-state index is 0.0355. The Kier molecular flexibility index (Phi) is 2.46. The molecule has 0 fully saturated rings. The molecule has 0 bridgehead atoms. The number of hydrogen-bond donors (Lipinski definition) is 0. The van der Waals surface area contributed by atoms with Crippen LogP contribution in [0.15, 0.2) is 24.8 Å². The summed E-state index contributed by atoms with van der Waals surface area (Å²) in [6, 6.07) is 5.41. The van der Waals surface area contributed by atoms with E-state index >= 15 is 0 Å². The van der Waals surface area contributed by atoms with Crippen LogP contribution in [-0.2, 0) is 4.79 Å². The molecular formula is C12H12O3. The van der Waals surface area contributed by atoms with E-state index in [1.54, 1.807) is 12.1 Å². The molecular weight excluding hydrogens is 192 g/mol. The van der Waals surface area contributed by atoms with E-state index in [1.165, 1.54) is 6.92 Å². The van der Waals surface area contributed by atoms with Gasteiger partial charge in [-0.25, -0.2) is 0 Å². The van der Waals surface area contributed by atoms with Crippen LogP contribution in [0.5, 0.6) is 11.5 Å². The number of ether oxygens (including phenoxy) is 2. The van der Waals surface area contributed by atoms with Crippen LogP contribution in [0, 0.1) is 0 Å². The number of fused-ring (bicyclic) bond motifs is 1. The molecule has 0 aromatic heterocycles. The molecule has 1 aromatic carbocycles. The van der Waals surface area contributed by atoms with Crippen LogP contribution >= 0.6 is 0 Å². The molecule has 0 saturated heterocycles. The molecule has 3 nitrogen and oxygen atoms in total. The van der Waals surface area contributed by atoms with Gasteiger partial charge < -0.3 is 9.47 Å². The van der Waals surface area contributed by atoms with E-state index in [1.807, 2.05) is 6.07 Å². The molecule has 78 valence electrons. The van der Waals surface area contributed by atoms with Crippen LogP contribution in [0.25, 0.3) is 5.57 Å². The van der Waals surface area contributed by atoms with E-state index in [0.29, 0.717) is 24.5 Å². The van der Waals surface area contributed by atoms with E-state index in [-0.39, 0.29) is 5.78 Å². The van der Waals surface area contributed by atoms with E-state index in [4.69, 9.17) is 9.47 Å². The molecule has 15 heavy (non-hydrogen) atoms. The molecule has 1 aliphatic rings. The van der Waals surface area contributed by atoms with Gasteiger partial charge in [-0.15, -0.1) is 0 Å². The Morgan fingerprint density at radius 1 is 1.27 bits per heavy atom. The van der Waals surface area contributed by atoms with Crippen LogP contribution in [0.4, 0.5) is 0 Å². The number of ketones is 1. The summed E-state index contributed by atoms with van der Waals surface area (Å²) in [6.07, 6.45) is 0. The van der Waals surface area contributed by atoms with Gasteiger partial charge >= 0.3 is 0 Å². The Bertz CT molecular complexity index is 421. The van der Waals surface area contributed by atoms with Crippen LogP contribution in [-0.4, -0.2) is 19.0 Å². The van der Waals surface area contributed by atoms with Crippen molar-refractivity contribution in [2.75, 3.05) is 13.2 Å². The third-order valence-electron chi connectivity index (χ3n) is 2.32. The molecule has 0 unspecified atom stereocenters. The Balaban J connectivity index is 2.36. The fraction of sp³-hybridized carbons (Fsp3) is 0.250. The Morgan fingerprint density at radius 3 is 2.60 bits per heavy atom. The zero-order chi connectivity index (χ0) is 10.8. The smallest absolute Gasteiger partial charge is 0.161 e. The van der Waals surface area contributed by atoms with Gasteiger partial charge in [0.2, 0.25) is 0 Å². The molecule has 1 aromatic rings. The fourth-order valence-electron chi connectivity index (χ4n) is 1.43. The lowest BCUT2D eigenvalue weighted by Crippen LogP contribution is -2.15. The molecule has 0 saturated carbocycles. The van der Waals surface area contributed by atoms with Crippen molar-refractivity contribution in [2.45, 2.75) is 6.92 Å². The summed E-state index contributed by atoms with van der Waals surface area (Å²) in [4.78, 5) is 11.1. The topological polar surface area (TPSA) is 35.5 Å². The highest BCUT2D eigenvalue weighted by Gasteiger charge is 2.13. The van der Waals surface area contributed by atoms with Gasteiger partial charge in [-0.2, -0.15) is 0 Å². The predicted molar refractivity (Wildman–Crippen MR) is 57.1 cm³/mol. The van der Waals surface area contributed by atoms with E-state index in [2.05, 4.69) is 6.58 Å². The average molecular weight is 204 g/mol. The lowest BCUT2D eigenvalue weighted by molar-refractivity contribution is -0.111.